The summed E-state index contributed by atoms with van der Waals surface area (Å²) in [5, 5.41) is 0.532. The number of fused-ring (bicyclic) bond motifs is 1. The molecule has 20 heavy (non-hydrogen) atoms. The average Bonchev–Trinajstić information content (AvgIpc) is 2.88. The van der Waals surface area contributed by atoms with Crippen molar-refractivity contribution in [3.63, 3.8) is 0 Å². The molecule has 1 aromatic heterocycles. The van der Waals surface area contributed by atoms with Crippen molar-refractivity contribution in [3.8, 4) is 0 Å². The molecule has 0 saturated heterocycles. The Bertz CT molecular complexity index is 722. The SMILES string of the molecule is C[C@@H]1c2cccn2CCN1S(=O)(=O)c1ccc(Cl)cc1. The highest BCUT2D eigenvalue weighted by atomic mass is 35.5. The van der Waals surface area contributed by atoms with Crippen LogP contribution in [0.3, 0.4) is 0 Å². The summed E-state index contributed by atoms with van der Waals surface area (Å²) in [7, 11) is -3.49. The minimum absolute atomic E-state index is 0.167. The van der Waals surface area contributed by atoms with E-state index < -0.39 is 10.0 Å². The molecular formula is C14H15ClN2O2S. The summed E-state index contributed by atoms with van der Waals surface area (Å²) in [6.45, 7) is 3.08. The van der Waals surface area contributed by atoms with E-state index in [1.807, 2.05) is 25.3 Å². The molecule has 2 aromatic rings. The van der Waals surface area contributed by atoms with Gasteiger partial charge in [0.2, 0.25) is 10.0 Å². The molecule has 0 fully saturated rings. The number of hydrogen-bond donors (Lipinski definition) is 0. The van der Waals surface area contributed by atoms with E-state index in [2.05, 4.69) is 4.57 Å². The van der Waals surface area contributed by atoms with Crippen LogP contribution in [0.2, 0.25) is 5.02 Å². The Hall–Kier alpha value is -1.30. The van der Waals surface area contributed by atoms with Gasteiger partial charge in [-0.15, -0.1) is 0 Å². The number of halogens is 1. The highest BCUT2D eigenvalue weighted by molar-refractivity contribution is 7.89. The van der Waals surface area contributed by atoms with Gasteiger partial charge in [0.25, 0.3) is 0 Å². The topological polar surface area (TPSA) is 42.3 Å². The van der Waals surface area contributed by atoms with Gasteiger partial charge < -0.3 is 4.57 Å². The minimum Gasteiger partial charge on any atom is -0.349 e. The molecule has 0 unspecified atom stereocenters. The van der Waals surface area contributed by atoms with Gasteiger partial charge in [-0.1, -0.05) is 11.6 Å². The average molecular weight is 311 g/mol. The van der Waals surface area contributed by atoms with Gasteiger partial charge in [-0.2, -0.15) is 4.31 Å². The van der Waals surface area contributed by atoms with Crippen LogP contribution in [0.25, 0.3) is 0 Å². The van der Waals surface area contributed by atoms with E-state index in [0.29, 0.717) is 18.1 Å². The normalized spacial score (nSPS) is 19.8. The van der Waals surface area contributed by atoms with Crippen molar-refractivity contribution in [2.75, 3.05) is 6.54 Å². The second kappa shape index (κ2) is 4.91. The first-order valence-electron chi connectivity index (χ1n) is 6.42. The van der Waals surface area contributed by atoms with E-state index in [1.54, 1.807) is 28.6 Å². The molecule has 1 aromatic carbocycles. The lowest BCUT2D eigenvalue weighted by atomic mass is 10.2. The molecule has 4 nitrogen and oxygen atoms in total. The van der Waals surface area contributed by atoms with E-state index in [9.17, 15) is 8.42 Å². The van der Waals surface area contributed by atoms with Crippen molar-refractivity contribution in [1.29, 1.82) is 0 Å². The van der Waals surface area contributed by atoms with Crippen LogP contribution in [0, 0.1) is 0 Å². The monoisotopic (exact) mass is 310 g/mol. The summed E-state index contributed by atoms with van der Waals surface area (Å²) >= 11 is 5.82. The van der Waals surface area contributed by atoms with Crippen LogP contribution in [0.15, 0.2) is 47.5 Å². The summed E-state index contributed by atoms with van der Waals surface area (Å²) in [5.74, 6) is 0. The molecule has 0 amide bonds. The third-order valence-electron chi connectivity index (χ3n) is 3.71. The first-order chi connectivity index (χ1) is 9.50. The summed E-state index contributed by atoms with van der Waals surface area (Å²) in [4.78, 5) is 0.286. The molecule has 0 aliphatic carbocycles. The fourth-order valence-corrected chi connectivity index (χ4v) is 4.35. The maximum absolute atomic E-state index is 12.7. The number of rotatable bonds is 2. The van der Waals surface area contributed by atoms with Crippen LogP contribution in [0.1, 0.15) is 18.7 Å². The maximum atomic E-state index is 12.7. The number of nitrogens with zero attached hydrogens (tertiary/aromatic N) is 2. The highest BCUT2D eigenvalue weighted by Gasteiger charge is 2.33. The lowest BCUT2D eigenvalue weighted by molar-refractivity contribution is 0.282. The van der Waals surface area contributed by atoms with E-state index in [4.69, 9.17) is 11.6 Å². The molecule has 0 spiro atoms. The van der Waals surface area contributed by atoms with Crippen LogP contribution >= 0.6 is 11.6 Å². The van der Waals surface area contributed by atoms with Crippen molar-refractivity contribution in [2.24, 2.45) is 0 Å². The predicted molar refractivity (Wildman–Crippen MR) is 78.2 cm³/mol. The summed E-state index contributed by atoms with van der Waals surface area (Å²) < 4.78 is 29.1. The molecule has 6 heteroatoms. The largest absolute Gasteiger partial charge is 0.349 e. The quantitative estimate of drug-likeness (QED) is 0.856. The van der Waals surface area contributed by atoms with Gasteiger partial charge in [0.15, 0.2) is 0 Å². The van der Waals surface area contributed by atoms with Gasteiger partial charge in [-0.05, 0) is 43.3 Å². The fraction of sp³-hybridized carbons (Fsp3) is 0.286. The Morgan fingerprint density at radius 1 is 1.15 bits per heavy atom. The second-order valence-electron chi connectivity index (χ2n) is 4.87. The lowest BCUT2D eigenvalue weighted by Crippen LogP contribution is -2.40. The van der Waals surface area contributed by atoms with Crippen LogP contribution in [-0.2, 0) is 16.6 Å². The first kappa shape index (κ1) is 13.7. The molecule has 0 N–H and O–H groups in total. The van der Waals surface area contributed by atoms with Crippen LogP contribution in [0.4, 0.5) is 0 Å². The number of benzene rings is 1. The van der Waals surface area contributed by atoms with Gasteiger partial charge in [0.1, 0.15) is 0 Å². The van der Waals surface area contributed by atoms with Crippen molar-refractivity contribution >= 4 is 21.6 Å². The number of aromatic nitrogens is 1. The Balaban J connectivity index is 1.99. The van der Waals surface area contributed by atoms with Gasteiger partial charge in [-0.3, -0.25) is 0 Å². The Morgan fingerprint density at radius 3 is 2.55 bits per heavy atom. The molecule has 2 heterocycles. The molecule has 106 valence electrons. The zero-order chi connectivity index (χ0) is 14.3. The highest BCUT2D eigenvalue weighted by Crippen LogP contribution is 2.31. The van der Waals surface area contributed by atoms with Crippen LogP contribution in [-0.4, -0.2) is 23.8 Å². The zero-order valence-electron chi connectivity index (χ0n) is 11.0. The van der Waals surface area contributed by atoms with Crippen LogP contribution < -0.4 is 0 Å². The molecule has 1 atom stereocenters. The van der Waals surface area contributed by atoms with Crippen molar-refractivity contribution in [2.45, 2.75) is 24.4 Å². The summed E-state index contributed by atoms with van der Waals surface area (Å²) in [5.41, 5.74) is 1.02. The minimum atomic E-state index is -3.49. The zero-order valence-corrected chi connectivity index (χ0v) is 12.6. The predicted octanol–water partition coefficient (Wildman–Crippen LogP) is 2.91. The van der Waals surface area contributed by atoms with Crippen LogP contribution in [0.5, 0.6) is 0 Å². The molecule has 0 saturated carbocycles. The first-order valence-corrected chi connectivity index (χ1v) is 8.24. The van der Waals surface area contributed by atoms with Gasteiger partial charge in [0, 0.05) is 30.0 Å². The lowest BCUT2D eigenvalue weighted by Gasteiger charge is -2.33. The van der Waals surface area contributed by atoms with E-state index in [1.165, 1.54) is 0 Å². The summed E-state index contributed by atoms with van der Waals surface area (Å²) in [6, 6.07) is 10.1. The molecule has 0 bridgehead atoms. The maximum Gasteiger partial charge on any atom is 0.243 e. The van der Waals surface area contributed by atoms with Gasteiger partial charge in [0.05, 0.1) is 10.9 Å². The Labute approximate surface area is 123 Å². The Morgan fingerprint density at radius 2 is 1.85 bits per heavy atom. The van der Waals surface area contributed by atoms with E-state index in [0.717, 1.165) is 5.69 Å². The summed E-state index contributed by atoms with van der Waals surface area (Å²) in [6.07, 6.45) is 1.98. The third kappa shape index (κ3) is 2.16. The fourth-order valence-electron chi connectivity index (χ4n) is 2.63. The molecular weight excluding hydrogens is 296 g/mol. The van der Waals surface area contributed by atoms with Gasteiger partial charge in [-0.25, -0.2) is 8.42 Å². The molecule has 1 aliphatic heterocycles. The molecule has 3 rings (SSSR count). The third-order valence-corrected chi connectivity index (χ3v) is 5.94. The Kier molecular flexibility index (Phi) is 3.36. The van der Waals surface area contributed by atoms with Gasteiger partial charge >= 0.3 is 0 Å². The molecule has 0 radical (unpaired) electrons. The number of sulfonamides is 1. The second-order valence-corrected chi connectivity index (χ2v) is 7.20. The van der Waals surface area contributed by atoms with Crippen molar-refractivity contribution in [3.05, 3.63) is 53.3 Å². The van der Waals surface area contributed by atoms with Crippen molar-refractivity contribution < 1.29 is 8.42 Å². The van der Waals surface area contributed by atoms with E-state index in [-0.39, 0.29) is 10.9 Å². The standard InChI is InChI=1S/C14H15ClN2O2S/c1-11-14-3-2-8-16(14)9-10-17(11)20(18,19)13-6-4-12(15)5-7-13/h2-8,11H,9-10H2,1H3/t11-/m1/s1. The van der Waals surface area contributed by atoms with E-state index >= 15 is 0 Å². The molecule has 1 aliphatic rings. The smallest absolute Gasteiger partial charge is 0.243 e. The number of hydrogen-bond acceptors (Lipinski definition) is 2. The van der Waals surface area contributed by atoms with Crippen molar-refractivity contribution in [1.82, 2.24) is 8.87 Å².